The van der Waals surface area contributed by atoms with Crippen molar-refractivity contribution in [2.45, 2.75) is 23.1 Å². The van der Waals surface area contributed by atoms with Gasteiger partial charge in [-0.2, -0.15) is 0 Å². The first-order chi connectivity index (χ1) is 8.13. The average molecular weight is 272 g/mol. The van der Waals surface area contributed by atoms with E-state index >= 15 is 0 Å². The van der Waals surface area contributed by atoms with Crippen molar-refractivity contribution in [3.05, 3.63) is 6.20 Å². The molecular formula is C9H12N4O2S2. The minimum absolute atomic E-state index is 0.180. The molecule has 0 aromatic carbocycles. The number of imide groups is 1. The van der Waals surface area contributed by atoms with E-state index in [1.165, 1.54) is 23.1 Å². The van der Waals surface area contributed by atoms with Crippen molar-refractivity contribution < 1.29 is 9.59 Å². The van der Waals surface area contributed by atoms with Gasteiger partial charge in [-0.15, -0.1) is 11.8 Å². The lowest BCUT2D eigenvalue weighted by Crippen LogP contribution is -2.41. The molecule has 0 bridgehead atoms. The minimum Gasteiger partial charge on any atom is -0.375 e. The Balaban J connectivity index is 1.67. The Kier molecular flexibility index (Phi) is 3.85. The van der Waals surface area contributed by atoms with Crippen LogP contribution in [0.3, 0.4) is 0 Å². The normalized spacial score (nSPS) is 14.4. The molecule has 1 aromatic heterocycles. The number of hydrogen-bond acceptors (Lipinski definition) is 6. The van der Waals surface area contributed by atoms with Gasteiger partial charge < -0.3 is 11.1 Å². The Bertz CT molecular complexity index is 430. The molecule has 0 saturated heterocycles. The fraction of sp³-hybridized carbons (Fsp3) is 0.444. The van der Waals surface area contributed by atoms with Gasteiger partial charge in [-0.25, -0.2) is 9.78 Å². The number of nitrogens with two attached hydrogens (primary N) is 1. The van der Waals surface area contributed by atoms with Crippen LogP contribution in [0, 0.1) is 0 Å². The lowest BCUT2D eigenvalue weighted by Gasteiger charge is -2.04. The summed E-state index contributed by atoms with van der Waals surface area (Å²) in [7, 11) is 0. The number of carbonyl (C=O) groups is 2. The van der Waals surface area contributed by atoms with Crippen LogP contribution in [0.1, 0.15) is 12.8 Å². The number of urea groups is 1. The van der Waals surface area contributed by atoms with Crippen LogP contribution >= 0.6 is 23.1 Å². The summed E-state index contributed by atoms with van der Waals surface area (Å²) in [6, 6.07) is -0.168. The summed E-state index contributed by atoms with van der Waals surface area (Å²) in [5.74, 6) is -0.139. The number of nitrogen functional groups attached to an aromatic ring is 1. The van der Waals surface area contributed by atoms with Gasteiger partial charge in [-0.3, -0.25) is 10.1 Å². The highest BCUT2D eigenvalue weighted by molar-refractivity contribution is 8.01. The molecule has 3 amide bonds. The summed E-state index contributed by atoms with van der Waals surface area (Å²) in [6.45, 7) is 0. The van der Waals surface area contributed by atoms with Crippen molar-refractivity contribution in [1.29, 1.82) is 0 Å². The molecule has 1 aliphatic rings. The smallest absolute Gasteiger partial charge is 0.321 e. The second-order valence-corrected chi connectivity index (χ2v) is 5.94. The molecule has 6 nitrogen and oxygen atoms in total. The van der Waals surface area contributed by atoms with Crippen LogP contribution in [0.15, 0.2) is 10.4 Å². The molecule has 0 aliphatic heterocycles. The molecular weight excluding hydrogens is 260 g/mol. The average Bonchev–Trinajstić information content (AvgIpc) is 2.96. The van der Waals surface area contributed by atoms with Crippen LogP contribution in [-0.4, -0.2) is 28.7 Å². The highest BCUT2D eigenvalue weighted by Crippen LogP contribution is 2.25. The van der Waals surface area contributed by atoms with Crippen molar-refractivity contribution in [2.75, 3.05) is 11.5 Å². The van der Waals surface area contributed by atoms with Gasteiger partial charge in [-0.1, -0.05) is 11.3 Å². The molecule has 17 heavy (non-hydrogen) atoms. The second kappa shape index (κ2) is 5.37. The Morgan fingerprint density at radius 3 is 2.94 bits per heavy atom. The number of nitrogens with zero attached hydrogens (tertiary/aromatic N) is 1. The Morgan fingerprint density at radius 2 is 2.35 bits per heavy atom. The molecule has 92 valence electrons. The third-order valence-electron chi connectivity index (χ3n) is 2.01. The highest BCUT2D eigenvalue weighted by atomic mass is 32.2. The summed E-state index contributed by atoms with van der Waals surface area (Å²) in [5, 5.41) is 5.42. The maximum Gasteiger partial charge on any atom is 0.321 e. The van der Waals surface area contributed by atoms with E-state index in [4.69, 9.17) is 5.73 Å². The third kappa shape index (κ3) is 4.23. The molecule has 0 radical (unpaired) electrons. The molecule has 1 aromatic rings. The summed E-state index contributed by atoms with van der Waals surface area (Å²) >= 11 is 2.63. The standard InChI is InChI=1S/C9H12N4O2S2/c10-8-11-3-7(17-8)16-4-6(14)13-9(15)12-5-1-2-5/h3,5H,1-2,4H2,(H2,10,11)(H2,12,13,14,15). The van der Waals surface area contributed by atoms with Crippen molar-refractivity contribution in [1.82, 2.24) is 15.6 Å². The maximum absolute atomic E-state index is 11.4. The Hall–Kier alpha value is -1.28. The highest BCUT2D eigenvalue weighted by Gasteiger charge is 2.23. The summed E-state index contributed by atoms with van der Waals surface area (Å²) in [6.07, 6.45) is 3.61. The van der Waals surface area contributed by atoms with E-state index in [1.54, 1.807) is 6.20 Å². The quantitative estimate of drug-likeness (QED) is 0.705. The van der Waals surface area contributed by atoms with E-state index in [1.807, 2.05) is 0 Å². The summed E-state index contributed by atoms with van der Waals surface area (Å²) in [4.78, 5) is 26.5. The monoisotopic (exact) mass is 272 g/mol. The molecule has 0 spiro atoms. The number of rotatable bonds is 4. The lowest BCUT2D eigenvalue weighted by molar-refractivity contribution is -0.117. The van der Waals surface area contributed by atoms with Crippen LogP contribution in [0.25, 0.3) is 0 Å². The minimum atomic E-state index is -0.415. The molecule has 0 atom stereocenters. The molecule has 1 heterocycles. The molecule has 1 fully saturated rings. The number of amides is 3. The van der Waals surface area contributed by atoms with Gasteiger partial charge in [0.1, 0.15) is 0 Å². The van der Waals surface area contributed by atoms with E-state index in [0.29, 0.717) is 5.13 Å². The van der Waals surface area contributed by atoms with Crippen LogP contribution in [-0.2, 0) is 4.79 Å². The second-order valence-electron chi connectivity index (χ2n) is 3.60. The van der Waals surface area contributed by atoms with E-state index in [-0.39, 0.29) is 17.7 Å². The fourth-order valence-electron chi connectivity index (χ4n) is 1.09. The van der Waals surface area contributed by atoms with Gasteiger partial charge in [0.15, 0.2) is 5.13 Å². The van der Waals surface area contributed by atoms with Gasteiger partial charge >= 0.3 is 6.03 Å². The van der Waals surface area contributed by atoms with Gasteiger partial charge in [0.25, 0.3) is 0 Å². The van der Waals surface area contributed by atoms with E-state index in [9.17, 15) is 9.59 Å². The summed E-state index contributed by atoms with van der Waals surface area (Å²) in [5.41, 5.74) is 5.46. The number of aromatic nitrogens is 1. The van der Waals surface area contributed by atoms with Crippen molar-refractivity contribution in [3.63, 3.8) is 0 Å². The number of thiazole rings is 1. The first-order valence-corrected chi connectivity index (χ1v) is 6.88. The van der Waals surface area contributed by atoms with Crippen LogP contribution < -0.4 is 16.4 Å². The van der Waals surface area contributed by atoms with E-state index < -0.39 is 6.03 Å². The number of anilines is 1. The molecule has 0 unspecified atom stereocenters. The first-order valence-electron chi connectivity index (χ1n) is 5.08. The lowest BCUT2D eigenvalue weighted by atomic mass is 10.6. The maximum atomic E-state index is 11.4. The fourth-order valence-corrected chi connectivity index (χ4v) is 2.65. The Labute approximate surface area is 106 Å². The summed E-state index contributed by atoms with van der Waals surface area (Å²) < 4.78 is 0.861. The van der Waals surface area contributed by atoms with Crippen LogP contribution in [0.4, 0.5) is 9.93 Å². The number of hydrogen-bond donors (Lipinski definition) is 3. The van der Waals surface area contributed by atoms with Crippen LogP contribution in [0.2, 0.25) is 0 Å². The molecule has 1 aliphatic carbocycles. The first kappa shape index (κ1) is 12.2. The van der Waals surface area contributed by atoms with Gasteiger partial charge in [0, 0.05) is 6.04 Å². The van der Waals surface area contributed by atoms with Crippen molar-refractivity contribution >= 4 is 40.2 Å². The van der Waals surface area contributed by atoms with Gasteiger partial charge in [-0.05, 0) is 12.8 Å². The van der Waals surface area contributed by atoms with Gasteiger partial charge in [0.2, 0.25) is 5.91 Å². The Morgan fingerprint density at radius 1 is 1.59 bits per heavy atom. The third-order valence-corrected chi connectivity index (χ3v) is 4.03. The van der Waals surface area contributed by atoms with Crippen LogP contribution in [0.5, 0.6) is 0 Å². The molecule has 2 rings (SSSR count). The van der Waals surface area contributed by atoms with Gasteiger partial charge in [0.05, 0.1) is 16.2 Å². The van der Waals surface area contributed by atoms with Crippen molar-refractivity contribution in [2.24, 2.45) is 0 Å². The SMILES string of the molecule is Nc1ncc(SCC(=O)NC(=O)NC2CC2)s1. The number of nitrogens with one attached hydrogen (secondary N) is 2. The zero-order chi connectivity index (χ0) is 12.3. The molecule has 8 heteroatoms. The number of thioether (sulfide) groups is 1. The molecule has 4 N–H and O–H groups in total. The topological polar surface area (TPSA) is 97.1 Å². The zero-order valence-electron chi connectivity index (χ0n) is 8.93. The van der Waals surface area contributed by atoms with E-state index in [2.05, 4.69) is 15.6 Å². The van der Waals surface area contributed by atoms with E-state index in [0.717, 1.165) is 17.1 Å². The largest absolute Gasteiger partial charge is 0.375 e. The predicted octanol–water partition coefficient (Wildman–Crippen LogP) is 0.806. The molecule has 1 saturated carbocycles. The predicted molar refractivity (Wildman–Crippen MR) is 66.9 cm³/mol. The number of carbonyl (C=O) groups excluding carboxylic acids is 2. The van der Waals surface area contributed by atoms with Crippen molar-refractivity contribution in [3.8, 4) is 0 Å². The zero-order valence-corrected chi connectivity index (χ0v) is 10.6.